The summed E-state index contributed by atoms with van der Waals surface area (Å²) in [5.41, 5.74) is 0. The zero-order chi connectivity index (χ0) is 11.1. The van der Waals surface area contributed by atoms with E-state index >= 15 is 0 Å². The minimum atomic E-state index is -1.83. The maximum atomic E-state index is 10.5. The molecule has 0 heterocycles. The van der Waals surface area contributed by atoms with E-state index in [1.54, 1.807) is 0 Å². The van der Waals surface area contributed by atoms with Crippen molar-refractivity contribution in [1.82, 2.24) is 0 Å². The Morgan fingerprint density at radius 1 is 1.14 bits per heavy atom. The fourth-order valence-corrected chi connectivity index (χ4v) is 0.882. The molecule has 14 heavy (non-hydrogen) atoms. The molecule has 0 amide bonds. The van der Waals surface area contributed by atoms with E-state index in [-0.39, 0.29) is 13.2 Å². The van der Waals surface area contributed by atoms with Gasteiger partial charge in [0.25, 0.3) is 0 Å². The van der Waals surface area contributed by atoms with Crippen molar-refractivity contribution < 1.29 is 34.8 Å². The summed E-state index contributed by atoms with van der Waals surface area (Å²) in [6.45, 7) is -1.33. The molecule has 0 aliphatic heterocycles. The second-order valence-corrected chi connectivity index (χ2v) is 2.47. The summed E-state index contributed by atoms with van der Waals surface area (Å²) in [6, 6.07) is 0. The number of ether oxygens (including phenoxy) is 1. The Balaban J connectivity index is 4.42. The number of aliphatic hydroxyl groups is 2. The topological polar surface area (TPSA) is 124 Å². The number of aliphatic carboxylic acids is 2. The molecule has 0 fully saturated rings. The minimum absolute atomic E-state index is 0.220. The van der Waals surface area contributed by atoms with Gasteiger partial charge in [0.2, 0.25) is 0 Å². The van der Waals surface area contributed by atoms with Crippen LogP contribution in [-0.2, 0) is 14.3 Å². The highest BCUT2D eigenvalue weighted by Crippen LogP contribution is 2.08. The predicted molar refractivity (Wildman–Crippen MR) is 42.7 cm³/mol. The molecule has 4 N–H and O–H groups in total. The Bertz CT molecular complexity index is 188. The third-order valence-corrected chi connectivity index (χ3v) is 1.51. The van der Waals surface area contributed by atoms with Crippen molar-refractivity contribution in [1.29, 1.82) is 0 Å². The van der Waals surface area contributed by atoms with Crippen LogP contribution in [0.4, 0.5) is 0 Å². The smallest absolute Gasteiger partial charge is 0.320 e. The van der Waals surface area contributed by atoms with Crippen molar-refractivity contribution in [2.24, 2.45) is 5.92 Å². The van der Waals surface area contributed by atoms with Crippen molar-refractivity contribution in [2.45, 2.75) is 6.10 Å². The van der Waals surface area contributed by atoms with E-state index in [4.69, 9.17) is 20.4 Å². The molecule has 82 valence electrons. The van der Waals surface area contributed by atoms with Gasteiger partial charge in [0, 0.05) is 0 Å². The van der Waals surface area contributed by atoms with Crippen LogP contribution in [0, 0.1) is 5.92 Å². The van der Waals surface area contributed by atoms with Gasteiger partial charge in [-0.1, -0.05) is 0 Å². The summed E-state index contributed by atoms with van der Waals surface area (Å²) in [6.07, 6.45) is -1.35. The normalized spacial score (nSPS) is 12.8. The molecule has 0 aromatic heterocycles. The molecule has 0 saturated carbocycles. The van der Waals surface area contributed by atoms with Crippen molar-refractivity contribution in [2.75, 3.05) is 19.8 Å². The van der Waals surface area contributed by atoms with E-state index in [0.717, 1.165) is 0 Å². The van der Waals surface area contributed by atoms with Gasteiger partial charge in [0.15, 0.2) is 5.92 Å². The van der Waals surface area contributed by atoms with Gasteiger partial charge in [-0.15, -0.1) is 0 Å². The van der Waals surface area contributed by atoms with Crippen LogP contribution in [0.3, 0.4) is 0 Å². The molecular formula is C7H12O7. The zero-order valence-corrected chi connectivity index (χ0v) is 7.29. The summed E-state index contributed by atoms with van der Waals surface area (Å²) >= 11 is 0. The summed E-state index contributed by atoms with van der Waals surface area (Å²) in [5.74, 6) is -5.00. The fourth-order valence-electron chi connectivity index (χ4n) is 0.882. The molecule has 0 rings (SSSR count). The van der Waals surface area contributed by atoms with E-state index in [9.17, 15) is 9.59 Å². The summed E-state index contributed by atoms with van der Waals surface area (Å²) in [5, 5.41) is 34.1. The summed E-state index contributed by atoms with van der Waals surface area (Å²) in [7, 11) is 0. The Morgan fingerprint density at radius 2 is 1.64 bits per heavy atom. The van der Waals surface area contributed by atoms with Crippen molar-refractivity contribution in [3.63, 3.8) is 0 Å². The summed E-state index contributed by atoms with van der Waals surface area (Å²) in [4.78, 5) is 20.9. The number of carboxylic acid groups (broad SMARTS) is 2. The Morgan fingerprint density at radius 3 is 1.93 bits per heavy atom. The van der Waals surface area contributed by atoms with E-state index in [1.807, 2.05) is 0 Å². The third kappa shape index (κ3) is 3.69. The maximum absolute atomic E-state index is 10.5. The third-order valence-electron chi connectivity index (χ3n) is 1.51. The molecule has 7 nitrogen and oxygen atoms in total. The number of hydrogen-bond donors (Lipinski definition) is 4. The maximum Gasteiger partial charge on any atom is 0.320 e. The average molecular weight is 208 g/mol. The molecule has 0 saturated heterocycles. The monoisotopic (exact) mass is 208 g/mol. The molecule has 0 aliphatic rings. The Labute approximate surface area is 79.5 Å². The van der Waals surface area contributed by atoms with Gasteiger partial charge >= 0.3 is 11.9 Å². The lowest BCUT2D eigenvalue weighted by molar-refractivity contribution is -0.164. The number of hydrogen-bond acceptors (Lipinski definition) is 5. The van der Waals surface area contributed by atoms with Crippen molar-refractivity contribution >= 4 is 11.9 Å². The van der Waals surface area contributed by atoms with Gasteiger partial charge in [-0.2, -0.15) is 0 Å². The highest BCUT2D eigenvalue weighted by atomic mass is 16.5. The first-order chi connectivity index (χ1) is 6.54. The van der Waals surface area contributed by atoms with Crippen LogP contribution in [0.15, 0.2) is 0 Å². The fraction of sp³-hybridized carbons (Fsp3) is 0.714. The van der Waals surface area contributed by atoms with Gasteiger partial charge in [-0.3, -0.25) is 9.59 Å². The Hall–Kier alpha value is -1.18. The second kappa shape index (κ2) is 6.30. The van der Waals surface area contributed by atoms with Crippen molar-refractivity contribution in [3.05, 3.63) is 0 Å². The van der Waals surface area contributed by atoms with Crippen LogP contribution in [-0.4, -0.2) is 58.3 Å². The van der Waals surface area contributed by atoms with Crippen molar-refractivity contribution in [3.8, 4) is 0 Å². The predicted octanol–water partition coefficient (Wildman–Crippen LogP) is -1.86. The highest BCUT2D eigenvalue weighted by molar-refractivity contribution is 5.93. The molecular weight excluding hydrogens is 196 g/mol. The van der Waals surface area contributed by atoms with Crippen LogP contribution in [0.2, 0.25) is 0 Å². The summed E-state index contributed by atoms with van der Waals surface area (Å²) < 4.78 is 4.66. The number of carboxylic acids is 2. The lowest BCUT2D eigenvalue weighted by Crippen LogP contribution is -2.39. The lowest BCUT2D eigenvalue weighted by atomic mass is 10.0. The first-order valence-corrected chi connectivity index (χ1v) is 3.83. The standard InChI is InChI=1S/C7H12O7/c8-1-2-14-4(3-9)5(6(10)11)7(12)13/h4-5,8-9H,1-3H2,(H,10,11)(H,12,13). The zero-order valence-electron chi connectivity index (χ0n) is 7.29. The highest BCUT2D eigenvalue weighted by Gasteiger charge is 2.35. The van der Waals surface area contributed by atoms with E-state index in [2.05, 4.69) is 4.74 Å². The van der Waals surface area contributed by atoms with E-state index < -0.39 is 30.6 Å². The van der Waals surface area contributed by atoms with E-state index in [1.165, 1.54) is 0 Å². The second-order valence-electron chi connectivity index (χ2n) is 2.47. The minimum Gasteiger partial charge on any atom is -0.481 e. The molecule has 0 aromatic carbocycles. The quantitative estimate of drug-likeness (QED) is 0.361. The van der Waals surface area contributed by atoms with Gasteiger partial charge in [-0.05, 0) is 0 Å². The first-order valence-electron chi connectivity index (χ1n) is 3.83. The van der Waals surface area contributed by atoms with Crippen LogP contribution < -0.4 is 0 Å². The van der Waals surface area contributed by atoms with Gasteiger partial charge in [0.1, 0.15) is 6.10 Å². The molecule has 0 spiro atoms. The molecule has 0 bridgehead atoms. The van der Waals surface area contributed by atoms with E-state index in [0.29, 0.717) is 0 Å². The first kappa shape index (κ1) is 12.8. The van der Waals surface area contributed by atoms with Gasteiger partial charge in [0.05, 0.1) is 19.8 Å². The lowest BCUT2D eigenvalue weighted by Gasteiger charge is -2.18. The van der Waals surface area contributed by atoms with Gasteiger partial charge in [-0.25, -0.2) is 0 Å². The van der Waals surface area contributed by atoms with Crippen LogP contribution in [0.5, 0.6) is 0 Å². The van der Waals surface area contributed by atoms with Crippen LogP contribution >= 0.6 is 0 Å². The number of carbonyl (C=O) groups is 2. The van der Waals surface area contributed by atoms with Crippen LogP contribution in [0.1, 0.15) is 0 Å². The van der Waals surface area contributed by atoms with Crippen LogP contribution in [0.25, 0.3) is 0 Å². The Kier molecular flexibility index (Phi) is 5.77. The molecule has 0 radical (unpaired) electrons. The largest absolute Gasteiger partial charge is 0.481 e. The molecule has 7 heteroatoms. The molecule has 1 unspecified atom stereocenters. The average Bonchev–Trinajstić information content (AvgIpc) is 2.10. The molecule has 0 aliphatic carbocycles. The van der Waals surface area contributed by atoms with Gasteiger partial charge < -0.3 is 25.2 Å². The number of rotatable bonds is 7. The number of aliphatic hydroxyl groups excluding tert-OH is 2. The molecule has 0 aromatic rings. The SMILES string of the molecule is O=C(O)C(C(=O)O)C(CO)OCCO. The molecule has 1 atom stereocenters.